The number of carboxylic acid groups (broad SMARTS) is 1. The summed E-state index contributed by atoms with van der Waals surface area (Å²) >= 11 is 3.55. The van der Waals surface area contributed by atoms with Gasteiger partial charge in [0.2, 0.25) is 0 Å². The average Bonchev–Trinajstić information content (AvgIpc) is 2.52. The summed E-state index contributed by atoms with van der Waals surface area (Å²) < 4.78 is 1.19. The number of aliphatic carboxylic acids is 1. The summed E-state index contributed by atoms with van der Waals surface area (Å²) in [6.07, 6.45) is 22.8. The van der Waals surface area contributed by atoms with E-state index in [1.54, 1.807) is 0 Å². The lowest BCUT2D eigenvalue weighted by atomic mass is 10.1. The summed E-state index contributed by atoms with van der Waals surface area (Å²) in [5.74, 6) is -0.710. The second-order valence-electron chi connectivity index (χ2n) is 6.21. The van der Waals surface area contributed by atoms with E-state index in [0.717, 1.165) is 25.7 Å². The fourth-order valence-corrected chi connectivity index (χ4v) is 2.92. The summed E-state index contributed by atoms with van der Waals surface area (Å²) in [4.78, 5) is 10.4. The minimum absolute atomic E-state index is 0.259. The molecule has 3 heteroatoms. The van der Waals surface area contributed by atoms with Crippen LogP contribution in [0.25, 0.3) is 0 Å². The molecule has 2 nitrogen and oxygen atoms in total. The topological polar surface area (TPSA) is 37.3 Å². The van der Waals surface area contributed by atoms with Crippen molar-refractivity contribution in [3.63, 3.8) is 0 Å². The zero-order chi connectivity index (χ0) is 17.2. The number of allylic oxidation sites excluding steroid dienone is 4. The smallest absolute Gasteiger partial charge is 0.303 e. The molecule has 0 fully saturated rings. The third-order valence-electron chi connectivity index (χ3n) is 3.90. The van der Waals surface area contributed by atoms with Gasteiger partial charge in [-0.25, -0.2) is 0 Å². The van der Waals surface area contributed by atoms with E-state index in [0.29, 0.717) is 0 Å². The first-order valence-corrected chi connectivity index (χ1v) is 10.2. The van der Waals surface area contributed by atoms with Gasteiger partial charge in [0.15, 0.2) is 0 Å². The molecule has 0 amide bonds. The molecular formula is C20H35BrO2. The molecule has 0 aromatic carbocycles. The number of unbranched alkanes of at least 4 members (excludes halogenated alkanes) is 9. The fourth-order valence-electron chi connectivity index (χ4n) is 2.47. The van der Waals surface area contributed by atoms with Gasteiger partial charge in [-0.3, -0.25) is 4.79 Å². The SMILES string of the molecule is CCCCCCCCCC/C=C/CC/C(Br)=C/CCCC(=O)O. The molecule has 23 heavy (non-hydrogen) atoms. The van der Waals surface area contributed by atoms with Crippen molar-refractivity contribution in [1.82, 2.24) is 0 Å². The van der Waals surface area contributed by atoms with Crippen LogP contribution in [-0.2, 0) is 4.79 Å². The summed E-state index contributed by atoms with van der Waals surface area (Å²) in [5, 5.41) is 8.56. The van der Waals surface area contributed by atoms with E-state index in [1.807, 2.05) is 0 Å². The van der Waals surface area contributed by atoms with Crippen molar-refractivity contribution in [2.24, 2.45) is 0 Å². The predicted molar refractivity (Wildman–Crippen MR) is 104 cm³/mol. The first-order chi connectivity index (χ1) is 11.2. The second kappa shape index (κ2) is 17.8. The van der Waals surface area contributed by atoms with Crippen LogP contribution in [0, 0.1) is 0 Å². The van der Waals surface area contributed by atoms with Gasteiger partial charge in [0.05, 0.1) is 0 Å². The molecule has 0 aliphatic carbocycles. The molecule has 0 aromatic heterocycles. The number of halogens is 1. The molecule has 0 unspecified atom stereocenters. The number of hydrogen-bond acceptors (Lipinski definition) is 1. The highest BCUT2D eigenvalue weighted by molar-refractivity contribution is 9.11. The summed E-state index contributed by atoms with van der Waals surface area (Å²) in [7, 11) is 0. The Labute approximate surface area is 151 Å². The van der Waals surface area contributed by atoms with E-state index >= 15 is 0 Å². The van der Waals surface area contributed by atoms with Gasteiger partial charge in [0, 0.05) is 6.42 Å². The van der Waals surface area contributed by atoms with Crippen LogP contribution in [0.15, 0.2) is 22.7 Å². The van der Waals surface area contributed by atoms with E-state index < -0.39 is 5.97 Å². The van der Waals surface area contributed by atoms with Crippen molar-refractivity contribution < 1.29 is 9.90 Å². The molecule has 0 aliphatic heterocycles. The highest BCUT2D eigenvalue weighted by Gasteiger charge is 1.95. The van der Waals surface area contributed by atoms with E-state index in [-0.39, 0.29) is 6.42 Å². The van der Waals surface area contributed by atoms with Gasteiger partial charge < -0.3 is 5.11 Å². The molecule has 134 valence electrons. The maximum Gasteiger partial charge on any atom is 0.303 e. The highest BCUT2D eigenvalue weighted by Crippen LogP contribution is 2.16. The zero-order valence-corrected chi connectivity index (χ0v) is 16.5. The number of rotatable bonds is 16. The van der Waals surface area contributed by atoms with Crippen molar-refractivity contribution in [3.8, 4) is 0 Å². The maximum absolute atomic E-state index is 10.4. The molecule has 0 saturated heterocycles. The Morgan fingerprint density at radius 2 is 1.43 bits per heavy atom. The van der Waals surface area contributed by atoms with Gasteiger partial charge in [-0.05, 0) is 43.0 Å². The van der Waals surface area contributed by atoms with Crippen LogP contribution < -0.4 is 0 Å². The van der Waals surface area contributed by atoms with E-state index in [4.69, 9.17) is 5.11 Å². The first kappa shape index (κ1) is 22.4. The molecule has 1 N–H and O–H groups in total. The van der Waals surface area contributed by atoms with Gasteiger partial charge in [-0.15, -0.1) is 0 Å². The Kier molecular flexibility index (Phi) is 17.3. The number of hydrogen-bond donors (Lipinski definition) is 1. The molecular weight excluding hydrogens is 352 g/mol. The largest absolute Gasteiger partial charge is 0.481 e. The quantitative estimate of drug-likeness (QED) is 0.221. The van der Waals surface area contributed by atoms with Gasteiger partial charge >= 0.3 is 5.97 Å². The standard InChI is InChI=1S/C20H35BrO2/c1-2-3-4-5-6-7-8-9-10-11-12-13-16-19(21)17-14-15-18-20(22)23/h11-12,17H,2-10,13-16,18H2,1H3,(H,22,23)/b12-11+,19-17-. The Morgan fingerprint density at radius 1 is 0.826 bits per heavy atom. The monoisotopic (exact) mass is 386 g/mol. The van der Waals surface area contributed by atoms with Gasteiger partial charge in [-0.2, -0.15) is 0 Å². The Morgan fingerprint density at radius 3 is 2.09 bits per heavy atom. The van der Waals surface area contributed by atoms with Crippen molar-refractivity contribution in [3.05, 3.63) is 22.7 Å². The molecule has 0 aliphatic rings. The molecule has 0 spiro atoms. The predicted octanol–water partition coefficient (Wildman–Crippen LogP) is 7.39. The number of carboxylic acids is 1. The highest BCUT2D eigenvalue weighted by atomic mass is 79.9. The van der Waals surface area contributed by atoms with Crippen LogP contribution in [0.1, 0.15) is 96.8 Å². The van der Waals surface area contributed by atoms with Crippen LogP contribution in [0.2, 0.25) is 0 Å². The lowest BCUT2D eigenvalue weighted by Gasteiger charge is -2.00. The van der Waals surface area contributed by atoms with E-state index in [2.05, 4.69) is 41.1 Å². The van der Waals surface area contributed by atoms with Crippen LogP contribution in [0.5, 0.6) is 0 Å². The van der Waals surface area contributed by atoms with Crippen molar-refractivity contribution in [2.75, 3.05) is 0 Å². The van der Waals surface area contributed by atoms with Crippen LogP contribution >= 0.6 is 15.9 Å². The van der Waals surface area contributed by atoms with E-state index in [9.17, 15) is 4.79 Å². The average molecular weight is 387 g/mol. The molecule has 0 bridgehead atoms. The third-order valence-corrected chi connectivity index (χ3v) is 4.62. The lowest BCUT2D eigenvalue weighted by Crippen LogP contribution is -1.92. The Bertz CT molecular complexity index is 335. The van der Waals surface area contributed by atoms with Crippen LogP contribution in [-0.4, -0.2) is 11.1 Å². The second-order valence-corrected chi connectivity index (χ2v) is 7.23. The van der Waals surface area contributed by atoms with Crippen molar-refractivity contribution in [1.29, 1.82) is 0 Å². The molecule has 0 atom stereocenters. The molecule has 0 radical (unpaired) electrons. The zero-order valence-electron chi connectivity index (χ0n) is 14.9. The van der Waals surface area contributed by atoms with E-state index in [1.165, 1.54) is 62.3 Å². The summed E-state index contributed by atoms with van der Waals surface area (Å²) in [5.41, 5.74) is 0. The first-order valence-electron chi connectivity index (χ1n) is 9.38. The summed E-state index contributed by atoms with van der Waals surface area (Å²) in [6.45, 7) is 2.26. The molecule has 0 heterocycles. The molecule has 0 saturated carbocycles. The lowest BCUT2D eigenvalue weighted by molar-refractivity contribution is -0.137. The Hall–Kier alpha value is -0.570. The molecule has 0 rings (SSSR count). The van der Waals surface area contributed by atoms with Gasteiger partial charge in [-0.1, -0.05) is 86.0 Å². The minimum Gasteiger partial charge on any atom is -0.481 e. The van der Waals surface area contributed by atoms with Crippen molar-refractivity contribution in [2.45, 2.75) is 96.8 Å². The minimum atomic E-state index is -0.710. The molecule has 0 aromatic rings. The van der Waals surface area contributed by atoms with Crippen LogP contribution in [0.3, 0.4) is 0 Å². The summed E-state index contributed by atoms with van der Waals surface area (Å²) in [6, 6.07) is 0. The van der Waals surface area contributed by atoms with Gasteiger partial charge in [0.1, 0.15) is 0 Å². The normalized spacial score (nSPS) is 12.2. The van der Waals surface area contributed by atoms with Gasteiger partial charge in [0.25, 0.3) is 0 Å². The third kappa shape index (κ3) is 19.4. The fraction of sp³-hybridized carbons (Fsp3) is 0.750. The maximum atomic E-state index is 10.4. The van der Waals surface area contributed by atoms with Crippen LogP contribution in [0.4, 0.5) is 0 Å². The Balaban J connectivity index is 3.36. The number of carbonyl (C=O) groups is 1. The van der Waals surface area contributed by atoms with Crippen molar-refractivity contribution >= 4 is 21.9 Å².